The van der Waals surface area contributed by atoms with Crippen LogP contribution < -0.4 is 0 Å². The molecule has 1 aliphatic rings. The van der Waals surface area contributed by atoms with E-state index in [0.29, 0.717) is 12.3 Å². The molecule has 1 fully saturated rings. The predicted molar refractivity (Wildman–Crippen MR) is 59.6 cm³/mol. The molecule has 4 nitrogen and oxygen atoms in total. The SMILES string of the molecule is CCCCC(=O)N1CCN(CCO)CC1. The van der Waals surface area contributed by atoms with E-state index in [4.69, 9.17) is 5.11 Å². The van der Waals surface area contributed by atoms with Gasteiger partial charge >= 0.3 is 0 Å². The molecule has 1 amide bonds. The molecular formula is C11H22N2O2. The van der Waals surface area contributed by atoms with Gasteiger partial charge < -0.3 is 10.0 Å². The molecule has 0 bridgehead atoms. The lowest BCUT2D eigenvalue weighted by atomic mass is 10.2. The first-order valence-corrected chi connectivity index (χ1v) is 5.89. The van der Waals surface area contributed by atoms with Crippen LogP contribution in [0.5, 0.6) is 0 Å². The van der Waals surface area contributed by atoms with E-state index in [1.807, 2.05) is 4.90 Å². The first-order chi connectivity index (χ1) is 7.27. The van der Waals surface area contributed by atoms with E-state index < -0.39 is 0 Å². The van der Waals surface area contributed by atoms with Crippen LogP contribution in [0.4, 0.5) is 0 Å². The van der Waals surface area contributed by atoms with Gasteiger partial charge in [0.05, 0.1) is 6.61 Å². The Hall–Kier alpha value is -0.610. The molecule has 1 rings (SSSR count). The van der Waals surface area contributed by atoms with Crippen LogP contribution in [0.2, 0.25) is 0 Å². The Morgan fingerprint density at radius 2 is 1.93 bits per heavy atom. The Kier molecular flexibility index (Phi) is 5.65. The zero-order valence-electron chi connectivity index (χ0n) is 9.61. The lowest BCUT2D eigenvalue weighted by molar-refractivity contribution is -0.133. The third kappa shape index (κ3) is 4.18. The first-order valence-electron chi connectivity index (χ1n) is 5.89. The minimum atomic E-state index is 0.212. The van der Waals surface area contributed by atoms with Crippen LogP contribution in [-0.4, -0.2) is 60.1 Å². The molecule has 0 saturated carbocycles. The highest BCUT2D eigenvalue weighted by atomic mass is 16.3. The van der Waals surface area contributed by atoms with Crippen molar-refractivity contribution in [3.8, 4) is 0 Å². The molecule has 0 radical (unpaired) electrons. The van der Waals surface area contributed by atoms with Crippen molar-refractivity contribution < 1.29 is 9.90 Å². The normalized spacial score (nSPS) is 18.1. The van der Waals surface area contributed by atoms with Crippen molar-refractivity contribution in [1.29, 1.82) is 0 Å². The molecule has 1 N–H and O–H groups in total. The summed E-state index contributed by atoms with van der Waals surface area (Å²) in [7, 11) is 0. The second kappa shape index (κ2) is 6.80. The monoisotopic (exact) mass is 214 g/mol. The number of hydrogen-bond acceptors (Lipinski definition) is 3. The molecule has 0 aromatic rings. The number of amides is 1. The maximum Gasteiger partial charge on any atom is 0.222 e. The average molecular weight is 214 g/mol. The number of rotatable bonds is 5. The second-order valence-electron chi connectivity index (χ2n) is 4.05. The molecule has 15 heavy (non-hydrogen) atoms. The number of carbonyl (C=O) groups is 1. The zero-order valence-corrected chi connectivity index (χ0v) is 9.61. The molecule has 1 aliphatic heterocycles. The van der Waals surface area contributed by atoms with Crippen molar-refractivity contribution in [2.45, 2.75) is 26.2 Å². The second-order valence-corrected chi connectivity index (χ2v) is 4.05. The summed E-state index contributed by atoms with van der Waals surface area (Å²) < 4.78 is 0. The number of piperazine rings is 1. The Bertz CT molecular complexity index is 189. The highest BCUT2D eigenvalue weighted by Crippen LogP contribution is 2.05. The van der Waals surface area contributed by atoms with Gasteiger partial charge in [-0.15, -0.1) is 0 Å². The fraction of sp³-hybridized carbons (Fsp3) is 0.909. The van der Waals surface area contributed by atoms with Crippen LogP contribution in [0, 0.1) is 0 Å². The van der Waals surface area contributed by atoms with Gasteiger partial charge in [0.15, 0.2) is 0 Å². The highest BCUT2D eigenvalue weighted by molar-refractivity contribution is 5.76. The summed E-state index contributed by atoms with van der Waals surface area (Å²) in [5.74, 6) is 0.292. The van der Waals surface area contributed by atoms with Crippen LogP contribution >= 0.6 is 0 Å². The zero-order chi connectivity index (χ0) is 11.1. The molecule has 0 aromatic heterocycles. The fourth-order valence-electron chi connectivity index (χ4n) is 1.85. The van der Waals surface area contributed by atoms with Crippen molar-refractivity contribution >= 4 is 5.91 Å². The minimum absolute atomic E-state index is 0.212. The average Bonchev–Trinajstić information content (AvgIpc) is 2.27. The number of aliphatic hydroxyl groups excluding tert-OH is 1. The summed E-state index contributed by atoms with van der Waals surface area (Å²) in [6, 6.07) is 0. The maximum absolute atomic E-state index is 11.7. The number of β-amino-alcohol motifs (C(OH)–C–C–N with tert-alkyl or cyclic N) is 1. The Morgan fingerprint density at radius 1 is 1.27 bits per heavy atom. The Labute approximate surface area is 91.9 Å². The van der Waals surface area contributed by atoms with Gasteiger partial charge in [-0.25, -0.2) is 0 Å². The number of nitrogens with zero attached hydrogens (tertiary/aromatic N) is 2. The van der Waals surface area contributed by atoms with E-state index in [9.17, 15) is 4.79 Å². The smallest absolute Gasteiger partial charge is 0.222 e. The van der Waals surface area contributed by atoms with Crippen molar-refractivity contribution in [2.24, 2.45) is 0 Å². The Balaban J connectivity index is 2.21. The number of carbonyl (C=O) groups excluding carboxylic acids is 1. The molecular weight excluding hydrogens is 192 g/mol. The van der Waals surface area contributed by atoms with Gasteiger partial charge in [0.25, 0.3) is 0 Å². The molecule has 0 aliphatic carbocycles. The van der Waals surface area contributed by atoms with Gasteiger partial charge in [0.1, 0.15) is 0 Å². The van der Waals surface area contributed by atoms with Crippen LogP contribution in [0.1, 0.15) is 26.2 Å². The van der Waals surface area contributed by atoms with E-state index in [-0.39, 0.29) is 6.61 Å². The third-order valence-corrected chi connectivity index (χ3v) is 2.89. The van der Waals surface area contributed by atoms with Crippen molar-refractivity contribution in [3.63, 3.8) is 0 Å². The summed E-state index contributed by atoms with van der Waals surface area (Å²) in [5.41, 5.74) is 0. The maximum atomic E-state index is 11.7. The molecule has 0 spiro atoms. The molecule has 4 heteroatoms. The Morgan fingerprint density at radius 3 is 2.47 bits per heavy atom. The summed E-state index contributed by atoms with van der Waals surface area (Å²) in [4.78, 5) is 15.8. The molecule has 88 valence electrons. The van der Waals surface area contributed by atoms with Crippen LogP contribution in [-0.2, 0) is 4.79 Å². The minimum Gasteiger partial charge on any atom is -0.395 e. The van der Waals surface area contributed by atoms with E-state index in [1.165, 1.54) is 0 Å². The van der Waals surface area contributed by atoms with E-state index in [2.05, 4.69) is 11.8 Å². The summed E-state index contributed by atoms with van der Waals surface area (Å²) in [6.07, 6.45) is 2.77. The van der Waals surface area contributed by atoms with Crippen LogP contribution in [0.25, 0.3) is 0 Å². The largest absolute Gasteiger partial charge is 0.395 e. The summed E-state index contributed by atoms with van der Waals surface area (Å²) in [6.45, 7) is 6.50. The number of hydrogen-bond donors (Lipinski definition) is 1. The third-order valence-electron chi connectivity index (χ3n) is 2.89. The molecule has 0 unspecified atom stereocenters. The fourth-order valence-corrected chi connectivity index (χ4v) is 1.85. The van der Waals surface area contributed by atoms with Crippen molar-refractivity contribution in [2.75, 3.05) is 39.3 Å². The summed E-state index contributed by atoms with van der Waals surface area (Å²) in [5, 5.41) is 8.79. The van der Waals surface area contributed by atoms with Gasteiger partial charge in [0, 0.05) is 39.1 Å². The quantitative estimate of drug-likeness (QED) is 0.716. The lowest BCUT2D eigenvalue weighted by Crippen LogP contribution is -2.49. The van der Waals surface area contributed by atoms with Crippen LogP contribution in [0.15, 0.2) is 0 Å². The predicted octanol–water partition coefficient (Wildman–Crippen LogP) is 0.313. The van der Waals surface area contributed by atoms with E-state index in [1.54, 1.807) is 0 Å². The van der Waals surface area contributed by atoms with E-state index >= 15 is 0 Å². The standard InChI is InChI=1S/C11H22N2O2/c1-2-3-4-11(15)13-7-5-12(6-8-13)9-10-14/h14H,2-10H2,1H3. The van der Waals surface area contributed by atoms with Crippen LogP contribution in [0.3, 0.4) is 0 Å². The van der Waals surface area contributed by atoms with Gasteiger partial charge in [-0.1, -0.05) is 13.3 Å². The molecule has 1 saturated heterocycles. The van der Waals surface area contributed by atoms with Gasteiger partial charge in [-0.3, -0.25) is 9.69 Å². The molecule has 0 atom stereocenters. The highest BCUT2D eigenvalue weighted by Gasteiger charge is 2.19. The lowest BCUT2D eigenvalue weighted by Gasteiger charge is -2.34. The van der Waals surface area contributed by atoms with Gasteiger partial charge in [0.2, 0.25) is 5.91 Å². The molecule has 0 aromatic carbocycles. The van der Waals surface area contributed by atoms with Gasteiger partial charge in [-0.05, 0) is 6.42 Å². The first kappa shape index (κ1) is 12.5. The molecule has 1 heterocycles. The van der Waals surface area contributed by atoms with E-state index in [0.717, 1.165) is 45.6 Å². The van der Waals surface area contributed by atoms with Crippen molar-refractivity contribution in [3.05, 3.63) is 0 Å². The summed E-state index contributed by atoms with van der Waals surface area (Å²) >= 11 is 0. The number of aliphatic hydroxyl groups is 1. The van der Waals surface area contributed by atoms with Crippen molar-refractivity contribution in [1.82, 2.24) is 9.80 Å². The number of unbranched alkanes of at least 4 members (excludes halogenated alkanes) is 1. The topological polar surface area (TPSA) is 43.8 Å². The van der Waals surface area contributed by atoms with Gasteiger partial charge in [-0.2, -0.15) is 0 Å².